The molecule has 104 valence electrons. The maximum absolute atomic E-state index is 13.1. The predicted octanol–water partition coefficient (Wildman–Crippen LogP) is 2.71. The van der Waals surface area contributed by atoms with Gasteiger partial charge in [-0.2, -0.15) is 0 Å². The van der Waals surface area contributed by atoms with Gasteiger partial charge >= 0.3 is 5.97 Å². The van der Waals surface area contributed by atoms with E-state index in [1.807, 2.05) is 13.8 Å². The summed E-state index contributed by atoms with van der Waals surface area (Å²) in [6, 6.07) is 2.36. The Bertz CT molecular complexity index is 471. The lowest BCUT2D eigenvalue weighted by Crippen LogP contribution is -2.41. The van der Waals surface area contributed by atoms with Crippen LogP contribution in [0.5, 0.6) is 0 Å². The number of hydrogen-bond donors (Lipinski definition) is 2. The molecule has 1 atom stereocenters. The summed E-state index contributed by atoms with van der Waals surface area (Å²) in [5.74, 6) is -2.31. The number of amides is 1. The molecule has 0 aliphatic heterocycles. The van der Waals surface area contributed by atoms with Gasteiger partial charge in [-0.05, 0) is 30.5 Å². The first-order valence-electron chi connectivity index (χ1n) is 5.79. The summed E-state index contributed by atoms with van der Waals surface area (Å²) in [6.45, 7) is 3.70. The number of carbonyl (C=O) groups is 2. The fourth-order valence-corrected chi connectivity index (χ4v) is 1.84. The van der Waals surface area contributed by atoms with Crippen LogP contribution in [0.1, 0.15) is 30.6 Å². The standard InChI is InChI=1S/C13H15ClFNO3/c1-7(2)3-11(13(18)19)16-12(17)8-4-9(14)6-10(15)5-8/h4-7,11H,3H2,1-2H3,(H,16,17)(H,18,19)/t11-/m0/s1. The van der Waals surface area contributed by atoms with Gasteiger partial charge in [-0.3, -0.25) is 4.79 Å². The van der Waals surface area contributed by atoms with Gasteiger partial charge in [0.2, 0.25) is 0 Å². The first-order chi connectivity index (χ1) is 8.79. The SMILES string of the molecule is CC(C)C[C@H](NC(=O)c1cc(F)cc(Cl)c1)C(=O)O. The van der Waals surface area contributed by atoms with E-state index < -0.39 is 23.7 Å². The molecule has 0 saturated carbocycles. The molecule has 0 radical (unpaired) electrons. The highest BCUT2D eigenvalue weighted by Crippen LogP contribution is 2.14. The number of benzene rings is 1. The Hall–Kier alpha value is -1.62. The van der Waals surface area contributed by atoms with Crippen LogP contribution in [0.25, 0.3) is 0 Å². The molecule has 1 aromatic carbocycles. The molecule has 0 saturated heterocycles. The number of hydrogen-bond acceptors (Lipinski definition) is 2. The summed E-state index contributed by atoms with van der Waals surface area (Å²) in [5, 5.41) is 11.5. The van der Waals surface area contributed by atoms with Gasteiger partial charge in [0, 0.05) is 10.6 Å². The number of nitrogens with one attached hydrogen (secondary N) is 1. The Balaban J connectivity index is 2.84. The summed E-state index contributed by atoms with van der Waals surface area (Å²) >= 11 is 5.64. The lowest BCUT2D eigenvalue weighted by atomic mass is 10.0. The summed E-state index contributed by atoms with van der Waals surface area (Å²) in [6.07, 6.45) is 0.296. The maximum atomic E-state index is 13.1. The second-order valence-corrected chi connectivity index (χ2v) is 5.09. The zero-order chi connectivity index (χ0) is 14.6. The molecule has 0 spiro atoms. The minimum atomic E-state index is -1.12. The Morgan fingerprint density at radius 2 is 2.00 bits per heavy atom. The normalized spacial score (nSPS) is 12.3. The average molecular weight is 288 g/mol. The molecule has 6 heteroatoms. The van der Waals surface area contributed by atoms with Crippen molar-refractivity contribution in [2.45, 2.75) is 26.3 Å². The number of rotatable bonds is 5. The molecule has 0 fully saturated rings. The van der Waals surface area contributed by atoms with Gasteiger partial charge < -0.3 is 10.4 Å². The molecule has 4 nitrogen and oxygen atoms in total. The fraction of sp³-hybridized carbons (Fsp3) is 0.385. The van der Waals surface area contributed by atoms with Crippen LogP contribution in [0.2, 0.25) is 5.02 Å². The number of carboxylic acid groups (broad SMARTS) is 1. The van der Waals surface area contributed by atoms with E-state index in [4.69, 9.17) is 16.7 Å². The molecule has 19 heavy (non-hydrogen) atoms. The van der Waals surface area contributed by atoms with Crippen molar-refractivity contribution in [1.29, 1.82) is 0 Å². The molecule has 1 amide bonds. The summed E-state index contributed by atoms with van der Waals surface area (Å²) < 4.78 is 13.1. The molecule has 0 aliphatic rings. The van der Waals surface area contributed by atoms with Gasteiger partial charge in [-0.15, -0.1) is 0 Å². The number of aliphatic carboxylic acids is 1. The van der Waals surface area contributed by atoms with E-state index in [0.29, 0.717) is 6.42 Å². The van der Waals surface area contributed by atoms with Gasteiger partial charge in [0.15, 0.2) is 0 Å². The van der Waals surface area contributed by atoms with E-state index in [0.717, 1.165) is 12.1 Å². The number of carboxylic acids is 1. The van der Waals surface area contributed by atoms with Crippen molar-refractivity contribution >= 4 is 23.5 Å². The van der Waals surface area contributed by atoms with Gasteiger partial charge in [-0.25, -0.2) is 9.18 Å². The van der Waals surface area contributed by atoms with Gasteiger partial charge in [0.05, 0.1) is 0 Å². The van der Waals surface area contributed by atoms with Gasteiger partial charge in [0.25, 0.3) is 5.91 Å². The molecule has 0 heterocycles. The first-order valence-corrected chi connectivity index (χ1v) is 6.17. The molecular formula is C13H15ClFNO3. The van der Waals surface area contributed by atoms with Crippen molar-refractivity contribution in [3.63, 3.8) is 0 Å². The third-order valence-corrected chi connectivity index (χ3v) is 2.65. The Morgan fingerprint density at radius 3 is 2.47 bits per heavy atom. The predicted molar refractivity (Wildman–Crippen MR) is 69.8 cm³/mol. The van der Waals surface area contributed by atoms with E-state index in [-0.39, 0.29) is 16.5 Å². The van der Waals surface area contributed by atoms with Crippen LogP contribution >= 0.6 is 11.6 Å². The number of carbonyl (C=O) groups excluding carboxylic acids is 1. The van der Waals surface area contributed by atoms with Crippen LogP contribution in [-0.4, -0.2) is 23.0 Å². The smallest absolute Gasteiger partial charge is 0.326 e. The second-order valence-electron chi connectivity index (χ2n) is 4.65. The van der Waals surface area contributed by atoms with Crippen LogP contribution in [0, 0.1) is 11.7 Å². The monoisotopic (exact) mass is 287 g/mol. The minimum absolute atomic E-state index is 0.00000567. The first kappa shape index (κ1) is 15.4. The molecule has 0 aromatic heterocycles. The minimum Gasteiger partial charge on any atom is -0.480 e. The van der Waals surface area contributed by atoms with Gasteiger partial charge in [0.1, 0.15) is 11.9 Å². The highest BCUT2D eigenvalue weighted by atomic mass is 35.5. The molecular weight excluding hydrogens is 273 g/mol. The molecule has 1 aromatic rings. The molecule has 1 rings (SSSR count). The Morgan fingerprint density at radius 1 is 1.37 bits per heavy atom. The van der Waals surface area contributed by atoms with Crippen LogP contribution < -0.4 is 5.32 Å². The van der Waals surface area contributed by atoms with Crippen LogP contribution in [-0.2, 0) is 4.79 Å². The van der Waals surface area contributed by atoms with Crippen molar-refractivity contribution in [3.8, 4) is 0 Å². The lowest BCUT2D eigenvalue weighted by molar-refractivity contribution is -0.139. The van der Waals surface area contributed by atoms with Crippen molar-refractivity contribution < 1.29 is 19.1 Å². The fourth-order valence-electron chi connectivity index (χ4n) is 1.62. The van der Waals surface area contributed by atoms with E-state index in [2.05, 4.69) is 5.32 Å². The van der Waals surface area contributed by atoms with E-state index in [9.17, 15) is 14.0 Å². The Kier molecular flexibility index (Phi) is 5.30. The van der Waals surface area contributed by atoms with Crippen molar-refractivity contribution in [2.24, 2.45) is 5.92 Å². The van der Waals surface area contributed by atoms with Crippen molar-refractivity contribution in [3.05, 3.63) is 34.6 Å². The maximum Gasteiger partial charge on any atom is 0.326 e. The largest absolute Gasteiger partial charge is 0.480 e. The zero-order valence-electron chi connectivity index (χ0n) is 10.6. The highest BCUT2D eigenvalue weighted by molar-refractivity contribution is 6.31. The Labute approximate surface area is 115 Å². The van der Waals surface area contributed by atoms with Crippen LogP contribution in [0.3, 0.4) is 0 Å². The van der Waals surface area contributed by atoms with Crippen molar-refractivity contribution in [1.82, 2.24) is 5.32 Å². The second kappa shape index (κ2) is 6.52. The van der Waals surface area contributed by atoms with Crippen molar-refractivity contribution in [2.75, 3.05) is 0 Å². The van der Waals surface area contributed by atoms with E-state index in [1.165, 1.54) is 6.07 Å². The third-order valence-electron chi connectivity index (χ3n) is 2.44. The summed E-state index contributed by atoms with van der Waals surface area (Å²) in [4.78, 5) is 22.9. The van der Waals surface area contributed by atoms with E-state index >= 15 is 0 Å². The number of halogens is 2. The quantitative estimate of drug-likeness (QED) is 0.875. The molecule has 2 N–H and O–H groups in total. The van der Waals surface area contributed by atoms with Crippen LogP contribution in [0.15, 0.2) is 18.2 Å². The topological polar surface area (TPSA) is 66.4 Å². The third kappa shape index (κ3) is 4.87. The average Bonchev–Trinajstić information content (AvgIpc) is 2.25. The molecule has 0 unspecified atom stereocenters. The zero-order valence-corrected chi connectivity index (χ0v) is 11.4. The van der Waals surface area contributed by atoms with Gasteiger partial charge in [-0.1, -0.05) is 25.4 Å². The van der Waals surface area contributed by atoms with E-state index in [1.54, 1.807) is 0 Å². The highest BCUT2D eigenvalue weighted by Gasteiger charge is 2.22. The lowest BCUT2D eigenvalue weighted by Gasteiger charge is -2.16. The summed E-state index contributed by atoms with van der Waals surface area (Å²) in [5.41, 5.74) is 0.00000567. The molecule has 0 aliphatic carbocycles. The summed E-state index contributed by atoms with van der Waals surface area (Å²) in [7, 11) is 0. The molecule has 0 bridgehead atoms. The van der Waals surface area contributed by atoms with Crippen LogP contribution in [0.4, 0.5) is 4.39 Å².